The first-order valence-electron chi connectivity index (χ1n) is 5.31. The van der Waals surface area contributed by atoms with Gasteiger partial charge in [0.1, 0.15) is 5.78 Å². The summed E-state index contributed by atoms with van der Waals surface area (Å²) >= 11 is 0. The number of carbonyl (C=O) groups excluding carboxylic acids is 1. The van der Waals surface area contributed by atoms with E-state index in [-0.39, 0.29) is 0 Å². The predicted molar refractivity (Wildman–Crippen MR) is 48.9 cm³/mol. The Kier molecular flexibility index (Phi) is 2.20. The third-order valence-electron chi connectivity index (χ3n) is 3.63. The zero-order valence-electron chi connectivity index (χ0n) is 7.88. The van der Waals surface area contributed by atoms with Crippen LogP contribution in [0.1, 0.15) is 45.4 Å². The van der Waals surface area contributed by atoms with Crippen molar-refractivity contribution in [3.05, 3.63) is 0 Å². The average Bonchev–Trinajstić information content (AvgIpc) is 2.60. The molecule has 0 amide bonds. The lowest BCUT2D eigenvalue weighted by atomic mass is 10.0. The minimum absolute atomic E-state index is 0.451. The van der Waals surface area contributed by atoms with Gasteiger partial charge in [-0.15, -0.1) is 0 Å². The van der Waals surface area contributed by atoms with Crippen molar-refractivity contribution in [2.75, 3.05) is 0 Å². The van der Waals surface area contributed by atoms with Crippen LogP contribution in [0.5, 0.6) is 0 Å². The quantitative estimate of drug-likeness (QED) is 0.585. The van der Waals surface area contributed by atoms with E-state index in [0.29, 0.717) is 11.7 Å². The molecule has 0 spiro atoms. The maximum Gasteiger partial charge on any atom is 0.133 e. The number of fused-ring (bicyclic) bond motifs is 1. The van der Waals surface area contributed by atoms with Crippen LogP contribution in [0.15, 0.2) is 0 Å². The van der Waals surface area contributed by atoms with E-state index in [2.05, 4.69) is 0 Å². The predicted octanol–water partition coefficient (Wildman–Crippen LogP) is 2.79. The van der Waals surface area contributed by atoms with E-state index in [0.717, 1.165) is 11.8 Å². The molecule has 0 radical (unpaired) electrons. The molecule has 0 aromatic carbocycles. The van der Waals surface area contributed by atoms with E-state index in [9.17, 15) is 4.79 Å². The summed E-state index contributed by atoms with van der Waals surface area (Å²) in [6.45, 7) is 1.77. The number of rotatable bonds is 1. The van der Waals surface area contributed by atoms with Crippen LogP contribution in [-0.2, 0) is 4.79 Å². The molecule has 2 saturated carbocycles. The van der Waals surface area contributed by atoms with Crippen LogP contribution in [0.4, 0.5) is 0 Å². The zero-order valence-corrected chi connectivity index (χ0v) is 7.88. The first-order valence-corrected chi connectivity index (χ1v) is 5.31. The van der Waals surface area contributed by atoms with Crippen molar-refractivity contribution in [1.29, 1.82) is 0 Å². The van der Waals surface area contributed by atoms with Gasteiger partial charge in [0.2, 0.25) is 0 Å². The number of ketones is 1. The highest BCUT2D eigenvalue weighted by atomic mass is 16.1. The Morgan fingerprint density at radius 3 is 1.92 bits per heavy atom. The molecule has 2 aliphatic carbocycles. The SMILES string of the molecule is CC(=O)C1C2CCCCCCC21. The molecule has 68 valence electrons. The van der Waals surface area contributed by atoms with Crippen molar-refractivity contribution in [3.8, 4) is 0 Å². The third kappa shape index (κ3) is 1.41. The summed E-state index contributed by atoms with van der Waals surface area (Å²) in [7, 11) is 0. The molecular weight excluding hydrogens is 148 g/mol. The summed E-state index contributed by atoms with van der Waals surface area (Å²) in [6.07, 6.45) is 8.18. The largest absolute Gasteiger partial charge is 0.300 e. The van der Waals surface area contributed by atoms with Crippen molar-refractivity contribution >= 4 is 5.78 Å². The van der Waals surface area contributed by atoms with Crippen molar-refractivity contribution in [2.24, 2.45) is 17.8 Å². The Labute approximate surface area is 74.5 Å². The molecule has 2 fully saturated rings. The molecule has 0 saturated heterocycles. The van der Waals surface area contributed by atoms with Crippen LogP contribution in [-0.4, -0.2) is 5.78 Å². The summed E-state index contributed by atoms with van der Waals surface area (Å²) < 4.78 is 0. The van der Waals surface area contributed by atoms with Gasteiger partial charge in [0.25, 0.3) is 0 Å². The Morgan fingerprint density at radius 1 is 1.00 bits per heavy atom. The van der Waals surface area contributed by atoms with E-state index < -0.39 is 0 Å². The second kappa shape index (κ2) is 3.20. The molecule has 1 nitrogen and oxygen atoms in total. The van der Waals surface area contributed by atoms with Gasteiger partial charge in [-0.1, -0.05) is 25.7 Å². The van der Waals surface area contributed by atoms with Crippen LogP contribution in [0, 0.1) is 17.8 Å². The molecule has 0 aliphatic heterocycles. The van der Waals surface area contributed by atoms with E-state index in [1.54, 1.807) is 6.92 Å². The Hall–Kier alpha value is -0.330. The first-order chi connectivity index (χ1) is 5.80. The van der Waals surface area contributed by atoms with E-state index >= 15 is 0 Å². The van der Waals surface area contributed by atoms with Gasteiger partial charge < -0.3 is 0 Å². The lowest BCUT2D eigenvalue weighted by Crippen LogP contribution is -1.95. The Morgan fingerprint density at radius 2 is 1.50 bits per heavy atom. The van der Waals surface area contributed by atoms with Gasteiger partial charge in [0, 0.05) is 5.92 Å². The monoisotopic (exact) mass is 166 g/mol. The van der Waals surface area contributed by atoms with Gasteiger partial charge in [-0.05, 0) is 31.6 Å². The zero-order chi connectivity index (χ0) is 8.55. The Balaban J connectivity index is 1.93. The topological polar surface area (TPSA) is 17.1 Å². The van der Waals surface area contributed by atoms with Gasteiger partial charge in [-0.3, -0.25) is 4.79 Å². The van der Waals surface area contributed by atoms with Crippen LogP contribution >= 0.6 is 0 Å². The number of carbonyl (C=O) groups is 1. The Bertz CT molecular complexity index is 171. The van der Waals surface area contributed by atoms with E-state index in [1.165, 1.54) is 38.5 Å². The summed E-state index contributed by atoms with van der Waals surface area (Å²) in [5.74, 6) is 2.51. The lowest BCUT2D eigenvalue weighted by Gasteiger charge is -2.05. The third-order valence-corrected chi connectivity index (χ3v) is 3.63. The summed E-state index contributed by atoms with van der Waals surface area (Å²) in [4.78, 5) is 11.2. The second-order valence-electron chi connectivity index (χ2n) is 4.46. The van der Waals surface area contributed by atoms with Crippen LogP contribution in [0.25, 0.3) is 0 Å². The van der Waals surface area contributed by atoms with Gasteiger partial charge in [0.15, 0.2) is 0 Å². The fraction of sp³-hybridized carbons (Fsp3) is 0.909. The molecule has 12 heavy (non-hydrogen) atoms. The van der Waals surface area contributed by atoms with E-state index in [1.807, 2.05) is 0 Å². The molecule has 0 aromatic rings. The maximum absolute atomic E-state index is 11.2. The first kappa shape index (κ1) is 8.28. The minimum atomic E-state index is 0.451. The highest BCUT2D eigenvalue weighted by molar-refractivity contribution is 5.81. The molecular formula is C11H18O. The van der Waals surface area contributed by atoms with Crippen molar-refractivity contribution in [3.63, 3.8) is 0 Å². The van der Waals surface area contributed by atoms with Crippen molar-refractivity contribution in [1.82, 2.24) is 0 Å². The molecule has 0 aromatic heterocycles. The smallest absolute Gasteiger partial charge is 0.133 e. The van der Waals surface area contributed by atoms with Gasteiger partial charge in [-0.25, -0.2) is 0 Å². The van der Waals surface area contributed by atoms with Gasteiger partial charge in [0.05, 0.1) is 0 Å². The summed E-state index contributed by atoms with van der Waals surface area (Å²) in [5.41, 5.74) is 0. The fourth-order valence-corrected chi connectivity index (χ4v) is 2.95. The molecule has 0 bridgehead atoms. The molecule has 2 aliphatic rings. The molecule has 1 heteroatoms. The molecule has 2 atom stereocenters. The maximum atomic E-state index is 11.2. The van der Waals surface area contributed by atoms with Gasteiger partial charge >= 0.3 is 0 Å². The molecule has 2 unspecified atom stereocenters. The summed E-state index contributed by atoms with van der Waals surface area (Å²) in [5, 5.41) is 0. The van der Waals surface area contributed by atoms with Crippen molar-refractivity contribution in [2.45, 2.75) is 45.4 Å². The van der Waals surface area contributed by atoms with E-state index in [4.69, 9.17) is 0 Å². The van der Waals surface area contributed by atoms with Crippen LogP contribution < -0.4 is 0 Å². The highest BCUT2D eigenvalue weighted by Crippen LogP contribution is 2.53. The average molecular weight is 166 g/mol. The van der Waals surface area contributed by atoms with Gasteiger partial charge in [-0.2, -0.15) is 0 Å². The minimum Gasteiger partial charge on any atom is -0.300 e. The second-order valence-corrected chi connectivity index (χ2v) is 4.46. The summed E-state index contributed by atoms with van der Waals surface area (Å²) in [6, 6.07) is 0. The van der Waals surface area contributed by atoms with Crippen LogP contribution in [0.3, 0.4) is 0 Å². The van der Waals surface area contributed by atoms with Crippen LogP contribution in [0.2, 0.25) is 0 Å². The number of hydrogen-bond donors (Lipinski definition) is 0. The normalized spacial score (nSPS) is 40.9. The molecule has 0 heterocycles. The fourth-order valence-electron chi connectivity index (χ4n) is 2.95. The highest BCUT2D eigenvalue weighted by Gasteiger charge is 2.51. The molecule has 2 rings (SSSR count). The number of hydrogen-bond acceptors (Lipinski definition) is 1. The van der Waals surface area contributed by atoms with Crippen molar-refractivity contribution < 1.29 is 4.79 Å². The standard InChI is InChI=1S/C11H18O/c1-8(12)11-9-6-4-2-3-5-7-10(9)11/h9-11H,2-7H2,1H3. The number of Topliss-reactive ketones (excluding diaryl/α,β-unsaturated/α-hetero) is 1. The molecule has 0 N–H and O–H groups in total. The lowest BCUT2D eigenvalue weighted by molar-refractivity contribution is -0.118.